The summed E-state index contributed by atoms with van der Waals surface area (Å²) in [6.45, 7) is 4.22. The van der Waals surface area contributed by atoms with Crippen LogP contribution in [-0.2, 0) is 4.79 Å². The van der Waals surface area contributed by atoms with Gasteiger partial charge in [-0.2, -0.15) is 0 Å². The molecular weight excluding hydrogens is 256 g/mol. The predicted molar refractivity (Wildman–Crippen MR) is 79.4 cm³/mol. The lowest BCUT2D eigenvalue weighted by atomic mass is 9.85. The number of hydrogen-bond acceptors (Lipinski definition) is 3. The van der Waals surface area contributed by atoms with Crippen molar-refractivity contribution in [2.45, 2.75) is 26.2 Å². The lowest BCUT2D eigenvalue weighted by Crippen LogP contribution is -2.26. The van der Waals surface area contributed by atoms with E-state index in [9.17, 15) is 4.79 Å². The molecule has 1 amide bonds. The molecule has 0 aliphatic rings. The van der Waals surface area contributed by atoms with Gasteiger partial charge in [-0.15, -0.1) is 11.3 Å². The Morgan fingerprint density at radius 2 is 2.11 bits per heavy atom. The average Bonchev–Trinajstić information content (AvgIpc) is 2.93. The number of carbonyl (C=O) groups excluding carboxylic acids is 1. The normalized spacial score (nSPS) is 13.8. The zero-order chi connectivity index (χ0) is 13.7. The van der Waals surface area contributed by atoms with Crippen LogP contribution in [0.2, 0.25) is 0 Å². The van der Waals surface area contributed by atoms with Crippen molar-refractivity contribution in [1.82, 2.24) is 4.98 Å². The number of aromatic nitrogens is 1. The van der Waals surface area contributed by atoms with E-state index in [0.717, 1.165) is 12.0 Å². The van der Waals surface area contributed by atoms with Crippen LogP contribution in [0.4, 0.5) is 5.13 Å². The third kappa shape index (κ3) is 3.41. The van der Waals surface area contributed by atoms with Crippen molar-refractivity contribution in [3.05, 3.63) is 47.5 Å². The number of anilines is 1. The molecule has 0 saturated carbocycles. The minimum atomic E-state index is -0.130. The highest BCUT2D eigenvalue weighted by atomic mass is 32.1. The van der Waals surface area contributed by atoms with Gasteiger partial charge in [0.05, 0.1) is 5.92 Å². The number of amides is 1. The summed E-state index contributed by atoms with van der Waals surface area (Å²) in [5, 5.41) is 5.42. The van der Waals surface area contributed by atoms with Crippen LogP contribution in [0.25, 0.3) is 0 Å². The van der Waals surface area contributed by atoms with Crippen LogP contribution in [0.3, 0.4) is 0 Å². The summed E-state index contributed by atoms with van der Waals surface area (Å²) in [6, 6.07) is 9.94. The van der Waals surface area contributed by atoms with Crippen molar-refractivity contribution in [3.63, 3.8) is 0 Å². The summed E-state index contributed by atoms with van der Waals surface area (Å²) in [6.07, 6.45) is 2.66. The number of nitrogens with one attached hydrogen (secondary N) is 1. The largest absolute Gasteiger partial charge is 0.301 e. The fourth-order valence-electron chi connectivity index (χ4n) is 2.10. The summed E-state index contributed by atoms with van der Waals surface area (Å²) in [5.41, 5.74) is 1.06. The summed E-state index contributed by atoms with van der Waals surface area (Å²) in [4.78, 5) is 16.6. The molecule has 1 N–H and O–H groups in total. The van der Waals surface area contributed by atoms with Crippen LogP contribution in [0.15, 0.2) is 41.9 Å². The zero-order valence-electron chi connectivity index (χ0n) is 11.2. The number of hydrogen-bond donors (Lipinski definition) is 1. The first-order valence-electron chi connectivity index (χ1n) is 6.47. The minimum absolute atomic E-state index is 0.0236. The smallest absolute Gasteiger partial charge is 0.233 e. The molecule has 4 heteroatoms. The van der Waals surface area contributed by atoms with Gasteiger partial charge in [0, 0.05) is 11.6 Å². The van der Waals surface area contributed by atoms with E-state index in [1.165, 1.54) is 11.3 Å². The van der Waals surface area contributed by atoms with Gasteiger partial charge in [-0.3, -0.25) is 4.79 Å². The first-order chi connectivity index (χ1) is 9.22. The van der Waals surface area contributed by atoms with Gasteiger partial charge in [-0.25, -0.2) is 4.98 Å². The lowest BCUT2D eigenvalue weighted by molar-refractivity contribution is -0.118. The number of thiazole rings is 1. The molecule has 0 radical (unpaired) electrons. The first kappa shape index (κ1) is 13.7. The summed E-state index contributed by atoms with van der Waals surface area (Å²) < 4.78 is 0. The molecule has 3 nitrogen and oxygen atoms in total. The van der Waals surface area contributed by atoms with E-state index in [0.29, 0.717) is 11.0 Å². The van der Waals surface area contributed by atoms with E-state index >= 15 is 0 Å². The van der Waals surface area contributed by atoms with Gasteiger partial charge in [-0.1, -0.05) is 50.6 Å². The Morgan fingerprint density at radius 1 is 1.37 bits per heavy atom. The Morgan fingerprint density at radius 3 is 2.68 bits per heavy atom. The third-order valence-corrected chi connectivity index (χ3v) is 4.01. The monoisotopic (exact) mass is 274 g/mol. The number of nitrogens with zero attached hydrogens (tertiary/aromatic N) is 1. The quantitative estimate of drug-likeness (QED) is 0.898. The summed E-state index contributed by atoms with van der Waals surface area (Å²) >= 11 is 1.44. The Hall–Kier alpha value is -1.68. The van der Waals surface area contributed by atoms with Crippen molar-refractivity contribution >= 4 is 22.4 Å². The second-order valence-electron chi connectivity index (χ2n) is 4.60. The maximum Gasteiger partial charge on any atom is 0.233 e. The van der Waals surface area contributed by atoms with Gasteiger partial charge in [0.2, 0.25) is 5.91 Å². The van der Waals surface area contributed by atoms with Crippen molar-refractivity contribution in [2.24, 2.45) is 5.92 Å². The standard InChI is InChI=1S/C15H18N2OS/c1-3-11(2)13(12-7-5-4-6-8-12)14(18)17-15-16-9-10-19-15/h4-11,13H,3H2,1-2H3,(H,16,17,18)/t11-,13+/m0/s1. The van der Waals surface area contributed by atoms with E-state index < -0.39 is 0 Å². The van der Waals surface area contributed by atoms with Crippen LogP contribution >= 0.6 is 11.3 Å². The SMILES string of the molecule is CC[C@H](C)[C@@H](C(=O)Nc1nccs1)c1ccccc1. The third-order valence-electron chi connectivity index (χ3n) is 3.32. The molecule has 100 valence electrons. The predicted octanol–water partition coefficient (Wildman–Crippen LogP) is 3.91. The number of benzene rings is 1. The van der Waals surface area contributed by atoms with E-state index in [1.54, 1.807) is 6.20 Å². The van der Waals surface area contributed by atoms with Gasteiger partial charge in [0.1, 0.15) is 0 Å². The highest BCUT2D eigenvalue weighted by Crippen LogP contribution is 2.28. The fourth-order valence-corrected chi connectivity index (χ4v) is 2.63. The fraction of sp³-hybridized carbons (Fsp3) is 0.333. The van der Waals surface area contributed by atoms with Crippen molar-refractivity contribution in [2.75, 3.05) is 5.32 Å². The Balaban J connectivity index is 2.20. The Labute approximate surface area is 117 Å². The molecule has 2 atom stereocenters. The van der Waals surface area contributed by atoms with Crippen molar-refractivity contribution in [1.29, 1.82) is 0 Å². The number of carbonyl (C=O) groups is 1. The molecule has 0 fully saturated rings. The Kier molecular flexibility index (Phi) is 4.68. The van der Waals surface area contributed by atoms with Crippen molar-refractivity contribution in [3.8, 4) is 0 Å². The molecule has 2 aromatic rings. The van der Waals surface area contributed by atoms with Gasteiger partial charge < -0.3 is 5.32 Å². The summed E-state index contributed by atoms with van der Waals surface area (Å²) in [7, 11) is 0. The number of rotatable bonds is 5. The first-order valence-corrected chi connectivity index (χ1v) is 7.35. The van der Waals surface area contributed by atoms with Crippen LogP contribution in [0.5, 0.6) is 0 Å². The van der Waals surface area contributed by atoms with Gasteiger partial charge in [-0.05, 0) is 11.5 Å². The lowest BCUT2D eigenvalue weighted by Gasteiger charge is -2.22. The second-order valence-corrected chi connectivity index (χ2v) is 5.49. The van der Waals surface area contributed by atoms with Gasteiger partial charge in [0.15, 0.2) is 5.13 Å². The van der Waals surface area contributed by atoms with Gasteiger partial charge >= 0.3 is 0 Å². The molecule has 1 aromatic carbocycles. The molecule has 0 unspecified atom stereocenters. The zero-order valence-corrected chi connectivity index (χ0v) is 12.0. The molecule has 0 bridgehead atoms. The average molecular weight is 274 g/mol. The topological polar surface area (TPSA) is 42.0 Å². The Bertz CT molecular complexity index is 510. The van der Waals surface area contributed by atoms with E-state index in [-0.39, 0.29) is 11.8 Å². The maximum absolute atomic E-state index is 12.5. The van der Waals surface area contributed by atoms with Gasteiger partial charge in [0.25, 0.3) is 0 Å². The molecule has 1 aromatic heterocycles. The van der Waals surface area contributed by atoms with E-state index in [4.69, 9.17) is 0 Å². The molecule has 0 aliphatic carbocycles. The molecule has 1 heterocycles. The molecule has 2 rings (SSSR count). The molecule has 19 heavy (non-hydrogen) atoms. The molecule has 0 spiro atoms. The molecule has 0 saturated heterocycles. The van der Waals surface area contributed by atoms with Crippen molar-refractivity contribution < 1.29 is 4.79 Å². The maximum atomic E-state index is 12.5. The summed E-state index contributed by atoms with van der Waals surface area (Å²) in [5.74, 6) is 0.188. The molecule has 0 aliphatic heterocycles. The van der Waals surface area contributed by atoms with E-state index in [2.05, 4.69) is 24.1 Å². The van der Waals surface area contributed by atoms with Crippen LogP contribution in [-0.4, -0.2) is 10.9 Å². The second kappa shape index (κ2) is 6.48. The van der Waals surface area contributed by atoms with E-state index in [1.807, 2.05) is 35.7 Å². The minimum Gasteiger partial charge on any atom is -0.301 e. The highest BCUT2D eigenvalue weighted by molar-refractivity contribution is 7.13. The van der Waals surface area contributed by atoms with Crippen LogP contribution in [0, 0.1) is 5.92 Å². The molecular formula is C15H18N2OS. The highest BCUT2D eigenvalue weighted by Gasteiger charge is 2.26. The van der Waals surface area contributed by atoms with Crippen LogP contribution in [0.1, 0.15) is 31.7 Å². The van der Waals surface area contributed by atoms with Crippen LogP contribution < -0.4 is 5.32 Å².